The summed E-state index contributed by atoms with van der Waals surface area (Å²) in [6, 6.07) is 0. The first-order chi connectivity index (χ1) is 6.65. The lowest BCUT2D eigenvalue weighted by Crippen LogP contribution is -2.36. The molecule has 78 valence electrons. The molecule has 1 N–H and O–H groups in total. The van der Waals surface area contributed by atoms with Gasteiger partial charge in [-0.15, -0.1) is 0 Å². The normalized spacial score (nSPS) is 27.1. The number of aromatic nitrogens is 3. The van der Waals surface area contributed by atoms with Crippen molar-refractivity contribution in [3.05, 3.63) is 11.6 Å². The monoisotopic (exact) mass is 194 g/mol. The molecule has 0 aliphatic carbocycles. The van der Waals surface area contributed by atoms with Crippen LogP contribution in [0.4, 0.5) is 0 Å². The summed E-state index contributed by atoms with van der Waals surface area (Å²) < 4.78 is 1.91. The van der Waals surface area contributed by atoms with Crippen LogP contribution >= 0.6 is 0 Å². The quantitative estimate of drug-likeness (QED) is 0.763. The molecule has 1 aliphatic heterocycles. The van der Waals surface area contributed by atoms with E-state index in [-0.39, 0.29) is 5.54 Å². The SMILES string of the molecule is CCc1nc(C2(C)CCCN2)n(C)n1. The predicted octanol–water partition coefficient (Wildman–Crippen LogP) is 0.976. The highest BCUT2D eigenvalue weighted by Gasteiger charge is 2.34. The molecule has 1 saturated heterocycles. The summed E-state index contributed by atoms with van der Waals surface area (Å²) in [5.41, 5.74) is 0.0369. The molecular weight excluding hydrogens is 176 g/mol. The highest BCUT2D eigenvalue weighted by atomic mass is 15.4. The highest BCUT2D eigenvalue weighted by molar-refractivity contribution is 5.08. The van der Waals surface area contributed by atoms with E-state index in [1.165, 1.54) is 6.42 Å². The van der Waals surface area contributed by atoms with Gasteiger partial charge in [0.2, 0.25) is 0 Å². The van der Waals surface area contributed by atoms with Crippen molar-refractivity contribution < 1.29 is 0 Å². The van der Waals surface area contributed by atoms with E-state index in [1.807, 2.05) is 11.7 Å². The van der Waals surface area contributed by atoms with Crippen LogP contribution in [0.1, 0.15) is 38.3 Å². The van der Waals surface area contributed by atoms with Gasteiger partial charge in [-0.2, -0.15) is 5.10 Å². The fourth-order valence-electron chi connectivity index (χ4n) is 2.15. The van der Waals surface area contributed by atoms with Gasteiger partial charge in [-0.1, -0.05) is 6.92 Å². The van der Waals surface area contributed by atoms with Crippen LogP contribution in [-0.2, 0) is 19.0 Å². The summed E-state index contributed by atoms with van der Waals surface area (Å²) in [5.74, 6) is 2.02. The molecule has 1 atom stereocenters. The Labute approximate surface area is 84.7 Å². The van der Waals surface area contributed by atoms with E-state index < -0.39 is 0 Å². The van der Waals surface area contributed by atoms with E-state index in [9.17, 15) is 0 Å². The van der Waals surface area contributed by atoms with E-state index in [4.69, 9.17) is 0 Å². The van der Waals surface area contributed by atoms with Crippen LogP contribution in [-0.4, -0.2) is 21.3 Å². The van der Waals surface area contributed by atoms with Crippen molar-refractivity contribution in [2.24, 2.45) is 7.05 Å². The number of rotatable bonds is 2. The Bertz CT molecular complexity index is 323. The Hall–Kier alpha value is -0.900. The molecule has 1 aliphatic rings. The molecule has 0 aromatic carbocycles. The van der Waals surface area contributed by atoms with Gasteiger partial charge in [-0.3, -0.25) is 4.68 Å². The average Bonchev–Trinajstić information content (AvgIpc) is 2.73. The van der Waals surface area contributed by atoms with Crippen molar-refractivity contribution in [3.63, 3.8) is 0 Å². The molecule has 0 spiro atoms. The Morgan fingerprint density at radius 2 is 2.36 bits per heavy atom. The third-order valence-electron chi connectivity index (χ3n) is 2.99. The smallest absolute Gasteiger partial charge is 0.150 e. The van der Waals surface area contributed by atoms with Crippen LogP contribution in [0.25, 0.3) is 0 Å². The van der Waals surface area contributed by atoms with Crippen LogP contribution in [0.2, 0.25) is 0 Å². The van der Waals surface area contributed by atoms with Crippen LogP contribution in [0.5, 0.6) is 0 Å². The summed E-state index contributed by atoms with van der Waals surface area (Å²) in [6.07, 6.45) is 3.29. The fraction of sp³-hybridized carbons (Fsp3) is 0.800. The maximum absolute atomic E-state index is 4.57. The number of nitrogens with one attached hydrogen (secondary N) is 1. The molecule has 2 rings (SSSR count). The topological polar surface area (TPSA) is 42.7 Å². The Morgan fingerprint density at radius 1 is 1.57 bits per heavy atom. The minimum absolute atomic E-state index is 0.0369. The van der Waals surface area contributed by atoms with E-state index in [0.717, 1.165) is 31.0 Å². The second-order valence-corrected chi connectivity index (χ2v) is 4.19. The Morgan fingerprint density at radius 3 is 2.86 bits per heavy atom. The minimum Gasteiger partial charge on any atom is -0.305 e. The maximum atomic E-state index is 4.57. The summed E-state index contributed by atoms with van der Waals surface area (Å²) in [7, 11) is 1.98. The number of aryl methyl sites for hydroxylation is 2. The molecule has 4 nitrogen and oxygen atoms in total. The number of hydrogen-bond donors (Lipinski definition) is 1. The second-order valence-electron chi connectivity index (χ2n) is 4.19. The van der Waals surface area contributed by atoms with Gasteiger partial charge >= 0.3 is 0 Å². The molecule has 1 fully saturated rings. The lowest BCUT2D eigenvalue weighted by Gasteiger charge is -2.22. The van der Waals surface area contributed by atoms with Crippen LogP contribution < -0.4 is 5.32 Å². The molecule has 1 aromatic heterocycles. The zero-order chi connectivity index (χ0) is 10.2. The first kappa shape index (κ1) is 9.65. The summed E-state index contributed by atoms with van der Waals surface area (Å²) in [5, 5.41) is 7.89. The zero-order valence-corrected chi connectivity index (χ0v) is 9.17. The van der Waals surface area contributed by atoms with Crippen molar-refractivity contribution in [1.29, 1.82) is 0 Å². The van der Waals surface area contributed by atoms with E-state index >= 15 is 0 Å². The van der Waals surface area contributed by atoms with Crippen molar-refractivity contribution in [3.8, 4) is 0 Å². The van der Waals surface area contributed by atoms with Crippen molar-refractivity contribution in [1.82, 2.24) is 20.1 Å². The van der Waals surface area contributed by atoms with Crippen LogP contribution in [0.15, 0.2) is 0 Å². The van der Waals surface area contributed by atoms with Crippen molar-refractivity contribution in [2.45, 2.75) is 38.6 Å². The van der Waals surface area contributed by atoms with Gasteiger partial charge in [0, 0.05) is 13.5 Å². The molecular formula is C10H18N4. The third-order valence-corrected chi connectivity index (χ3v) is 2.99. The van der Waals surface area contributed by atoms with Gasteiger partial charge in [-0.25, -0.2) is 4.98 Å². The minimum atomic E-state index is 0.0369. The predicted molar refractivity (Wildman–Crippen MR) is 55.0 cm³/mol. The van der Waals surface area contributed by atoms with Gasteiger partial charge < -0.3 is 5.32 Å². The second kappa shape index (κ2) is 3.35. The molecule has 0 amide bonds. The first-order valence-electron chi connectivity index (χ1n) is 5.31. The van der Waals surface area contributed by atoms with Gasteiger partial charge in [0.05, 0.1) is 5.54 Å². The van der Waals surface area contributed by atoms with E-state index in [2.05, 4.69) is 29.2 Å². The van der Waals surface area contributed by atoms with Gasteiger partial charge in [0.15, 0.2) is 5.82 Å². The molecule has 1 aromatic rings. The standard InChI is InChI=1S/C10H18N4/c1-4-8-12-9(14(3)13-8)10(2)6-5-7-11-10/h11H,4-7H2,1-3H3. The molecule has 4 heteroatoms. The molecule has 2 heterocycles. The molecule has 0 saturated carbocycles. The Balaban J connectivity index is 2.34. The third kappa shape index (κ3) is 1.43. The van der Waals surface area contributed by atoms with Crippen LogP contribution in [0, 0.1) is 0 Å². The average molecular weight is 194 g/mol. The number of nitrogens with zero attached hydrogens (tertiary/aromatic N) is 3. The number of hydrogen-bond acceptors (Lipinski definition) is 3. The van der Waals surface area contributed by atoms with E-state index in [0.29, 0.717) is 0 Å². The van der Waals surface area contributed by atoms with Gasteiger partial charge in [-0.05, 0) is 26.3 Å². The molecule has 1 unspecified atom stereocenters. The lowest BCUT2D eigenvalue weighted by molar-refractivity contribution is 0.388. The van der Waals surface area contributed by atoms with Crippen molar-refractivity contribution >= 4 is 0 Å². The summed E-state index contributed by atoms with van der Waals surface area (Å²) in [6.45, 7) is 5.39. The fourth-order valence-corrected chi connectivity index (χ4v) is 2.15. The molecule has 0 bridgehead atoms. The van der Waals surface area contributed by atoms with E-state index in [1.54, 1.807) is 0 Å². The highest BCUT2D eigenvalue weighted by Crippen LogP contribution is 2.28. The first-order valence-corrected chi connectivity index (χ1v) is 5.31. The zero-order valence-electron chi connectivity index (χ0n) is 9.17. The van der Waals surface area contributed by atoms with Gasteiger partial charge in [0.1, 0.15) is 5.82 Å². The van der Waals surface area contributed by atoms with Crippen molar-refractivity contribution in [2.75, 3.05) is 6.54 Å². The molecule has 0 radical (unpaired) electrons. The maximum Gasteiger partial charge on any atom is 0.150 e. The van der Waals surface area contributed by atoms with Gasteiger partial charge in [0.25, 0.3) is 0 Å². The van der Waals surface area contributed by atoms with Crippen LogP contribution in [0.3, 0.4) is 0 Å². The summed E-state index contributed by atoms with van der Waals surface area (Å²) in [4.78, 5) is 4.57. The molecule has 14 heavy (non-hydrogen) atoms. The lowest BCUT2D eigenvalue weighted by atomic mass is 9.99. The summed E-state index contributed by atoms with van der Waals surface area (Å²) >= 11 is 0. The largest absolute Gasteiger partial charge is 0.305 e. The Kier molecular flexibility index (Phi) is 2.31.